The number of hydrogen-bond donors (Lipinski definition) is 0. The van der Waals surface area contributed by atoms with Gasteiger partial charge in [0.2, 0.25) is 0 Å². The number of ether oxygens (including phenoxy) is 1. The highest BCUT2D eigenvalue weighted by atomic mass is 79.9. The van der Waals surface area contributed by atoms with Gasteiger partial charge in [0.25, 0.3) is 0 Å². The highest BCUT2D eigenvalue weighted by Crippen LogP contribution is 2.29. The molecule has 1 saturated heterocycles. The van der Waals surface area contributed by atoms with Gasteiger partial charge in [-0.2, -0.15) is 0 Å². The van der Waals surface area contributed by atoms with Crippen LogP contribution in [0.4, 0.5) is 5.69 Å². The molecule has 0 spiro atoms. The fourth-order valence-corrected chi connectivity index (χ4v) is 3.14. The van der Waals surface area contributed by atoms with Gasteiger partial charge >= 0.3 is 0 Å². The van der Waals surface area contributed by atoms with Crippen molar-refractivity contribution in [2.75, 3.05) is 24.6 Å². The van der Waals surface area contributed by atoms with Crippen molar-refractivity contribution in [3.8, 4) is 0 Å². The Morgan fingerprint density at radius 2 is 2.33 bits per heavy atom. The Kier molecular flexibility index (Phi) is 5.34. The quantitative estimate of drug-likeness (QED) is 0.765. The minimum Gasteiger partial charge on any atom is -0.377 e. The van der Waals surface area contributed by atoms with Crippen molar-refractivity contribution in [3.63, 3.8) is 0 Å². The molecule has 1 aromatic rings. The Balaban J connectivity index is 2.15. The van der Waals surface area contributed by atoms with Crippen LogP contribution >= 0.6 is 27.5 Å². The standard InChI is InChI=1S/C14H19BrClNO/c1-2-18-13-4-3-7-17(10-13)14-6-5-12(16)8-11(14)9-15/h5-6,8,13H,2-4,7,9-10H2,1H3. The van der Waals surface area contributed by atoms with Gasteiger partial charge in [-0.3, -0.25) is 0 Å². The normalized spacial score (nSPS) is 20.2. The van der Waals surface area contributed by atoms with E-state index in [1.165, 1.54) is 24.1 Å². The molecule has 1 aliphatic rings. The lowest BCUT2D eigenvalue weighted by Gasteiger charge is -2.35. The molecule has 1 fully saturated rings. The molecular weight excluding hydrogens is 314 g/mol. The van der Waals surface area contributed by atoms with Crippen molar-refractivity contribution < 1.29 is 4.74 Å². The number of benzene rings is 1. The summed E-state index contributed by atoms with van der Waals surface area (Å²) >= 11 is 9.59. The van der Waals surface area contributed by atoms with E-state index in [0.717, 1.165) is 30.0 Å². The highest BCUT2D eigenvalue weighted by molar-refractivity contribution is 9.08. The van der Waals surface area contributed by atoms with Gasteiger partial charge in [-0.25, -0.2) is 0 Å². The number of hydrogen-bond acceptors (Lipinski definition) is 2. The van der Waals surface area contributed by atoms with Crippen molar-refractivity contribution in [2.24, 2.45) is 0 Å². The predicted octanol–water partition coefficient (Wildman–Crippen LogP) is 4.24. The summed E-state index contributed by atoms with van der Waals surface area (Å²) in [5.74, 6) is 0. The first kappa shape index (κ1) is 14.2. The molecule has 1 aliphatic heterocycles. The number of anilines is 1. The monoisotopic (exact) mass is 331 g/mol. The summed E-state index contributed by atoms with van der Waals surface area (Å²) in [6, 6.07) is 6.12. The summed E-state index contributed by atoms with van der Waals surface area (Å²) < 4.78 is 5.75. The van der Waals surface area contributed by atoms with Gasteiger partial charge in [0.1, 0.15) is 0 Å². The number of nitrogens with zero attached hydrogens (tertiary/aromatic N) is 1. The second-order valence-corrected chi connectivity index (χ2v) is 5.57. The molecule has 2 rings (SSSR count). The van der Waals surface area contributed by atoms with Gasteiger partial charge in [0, 0.05) is 35.7 Å². The topological polar surface area (TPSA) is 12.5 Å². The Bertz CT molecular complexity index is 397. The molecule has 4 heteroatoms. The average Bonchev–Trinajstić information content (AvgIpc) is 2.39. The van der Waals surface area contributed by atoms with E-state index in [2.05, 4.69) is 33.8 Å². The number of rotatable bonds is 4. The highest BCUT2D eigenvalue weighted by Gasteiger charge is 2.21. The predicted molar refractivity (Wildman–Crippen MR) is 80.9 cm³/mol. The fraction of sp³-hybridized carbons (Fsp3) is 0.571. The van der Waals surface area contributed by atoms with Crippen LogP contribution in [-0.4, -0.2) is 25.8 Å². The van der Waals surface area contributed by atoms with Crippen molar-refractivity contribution in [1.29, 1.82) is 0 Å². The molecule has 0 radical (unpaired) electrons. The zero-order valence-corrected chi connectivity index (χ0v) is 13.0. The van der Waals surface area contributed by atoms with Gasteiger partial charge in [-0.1, -0.05) is 27.5 Å². The van der Waals surface area contributed by atoms with Crippen LogP contribution in [0.2, 0.25) is 5.02 Å². The van der Waals surface area contributed by atoms with E-state index in [4.69, 9.17) is 16.3 Å². The SMILES string of the molecule is CCOC1CCCN(c2ccc(Cl)cc2CBr)C1. The van der Waals surface area contributed by atoms with Gasteiger partial charge in [0.15, 0.2) is 0 Å². The van der Waals surface area contributed by atoms with Crippen molar-refractivity contribution in [3.05, 3.63) is 28.8 Å². The van der Waals surface area contributed by atoms with Crippen LogP contribution in [0.3, 0.4) is 0 Å². The molecule has 1 unspecified atom stereocenters. The number of halogens is 2. The molecule has 0 amide bonds. The average molecular weight is 333 g/mol. The maximum absolute atomic E-state index is 6.05. The molecular formula is C14H19BrClNO. The molecule has 1 atom stereocenters. The van der Waals surface area contributed by atoms with E-state index in [-0.39, 0.29) is 0 Å². The lowest BCUT2D eigenvalue weighted by Crippen LogP contribution is -2.40. The lowest BCUT2D eigenvalue weighted by atomic mass is 10.1. The fourth-order valence-electron chi connectivity index (χ4n) is 2.50. The van der Waals surface area contributed by atoms with Crippen LogP contribution in [0, 0.1) is 0 Å². The second kappa shape index (κ2) is 6.78. The Morgan fingerprint density at radius 1 is 1.50 bits per heavy atom. The Morgan fingerprint density at radius 3 is 3.06 bits per heavy atom. The second-order valence-electron chi connectivity index (χ2n) is 4.57. The zero-order valence-electron chi connectivity index (χ0n) is 10.7. The smallest absolute Gasteiger partial charge is 0.0750 e. The van der Waals surface area contributed by atoms with E-state index in [1.54, 1.807) is 0 Å². The van der Waals surface area contributed by atoms with Gasteiger partial charge < -0.3 is 9.64 Å². The molecule has 1 aromatic carbocycles. The third-order valence-corrected chi connectivity index (χ3v) is 4.15. The molecule has 0 bridgehead atoms. The van der Waals surface area contributed by atoms with Crippen LogP contribution in [0.15, 0.2) is 18.2 Å². The van der Waals surface area contributed by atoms with Crippen LogP contribution in [0.5, 0.6) is 0 Å². The van der Waals surface area contributed by atoms with E-state index in [0.29, 0.717) is 6.10 Å². The number of alkyl halides is 1. The van der Waals surface area contributed by atoms with E-state index >= 15 is 0 Å². The number of piperidine rings is 1. The van der Waals surface area contributed by atoms with Crippen molar-refractivity contribution in [1.82, 2.24) is 0 Å². The van der Waals surface area contributed by atoms with Gasteiger partial charge in [-0.15, -0.1) is 0 Å². The van der Waals surface area contributed by atoms with Gasteiger partial charge in [-0.05, 0) is 43.5 Å². The van der Waals surface area contributed by atoms with Crippen LogP contribution in [0.25, 0.3) is 0 Å². The molecule has 2 nitrogen and oxygen atoms in total. The first-order valence-electron chi connectivity index (χ1n) is 6.45. The largest absolute Gasteiger partial charge is 0.377 e. The molecule has 1 heterocycles. The van der Waals surface area contributed by atoms with Crippen molar-refractivity contribution >= 4 is 33.2 Å². The lowest BCUT2D eigenvalue weighted by molar-refractivity contribution is 0.0526. The Hall–Kier alpha value is -0.250. The maximum Gasteiger partial charge on any atom is 0.0750 e. The first-order chi connectivity index (χ1) is 8.74. The molecule has 0 aliphatic carbocycles. The minimum absolute atomic E-state index is 0.364. The molecule has 0 N–H and O–H groups in total. The molecule has 0 aromatic heterocycles. The van der Waals surface area contributed by atoms with E-state index in [9.17, 15) is 0 Å². The summed E-state index contributed by atoms with van der Waals surface area (Å²) in [4.78, 5) is 2.41. The first-order valence-corrected chi connectivity index (χ1v) is 7.95. The van der Waals surface area contributed by atoms with Crippen LogP contribution in [-0.2, 0) is 10.1 Å². The summed E-state index contributed by atoms with van der Waals surface area (Å²) in [5, 5.41) is 1.63. The van der Waals surface area contributed by atoms with Gasteiger partial charge in [0.05, 0.1) is 6.10 Å². The Labute approximate surface area is 122 Å². The molecule has 18 heavy (non-hydrogen) atoms. The van der Waals surface area contributed by atoms with E-state index in [1.807, 2.05) is 12.1 Å². The third kappa shape index (κ3) is 3.40. The minimum atomic E-state index is 0.364. The maximum atomic E-state index is 6.05. The summed E-state index contributed by atoms with van der Waals surface area (Å²) in [7, 11) is 0. The summed E-state index contributed by atoms with van der Waals surface area (Å²) in [6.45, 7) is 4.94. The van der Waals surface area contributed by atoms with Crippen molar-refractivity contribution in [2.45, 2.75) is 31.2 Å². The van der Waals surface area contributed by atoms with Crippen LogP contribution < -0.4 is 4.90 Å². The molecule has 0 saturated carbocycles. The van der Waals surface area contributed by atoms with Crippen LogP contribution in [0.1, 0.15) is 25.3 Å². The van der Waals surface area contributed by atoms with E-state index < -0.39 is 0 Å². The molecule has 100 valence electrons. The third-order valence-electron chi connectivity index (χ3n) is 3.31. The summed E-state index contributed by atoms with van der Waals surface area (Å²) in [6.07, 6.45) is 2.72. The zero-order chi connectivity index (χ0) is 13.0. The summed E-state index contributed by atoms with van der Waals surface area (Å²) in [5.41, 5.74) is 2.53.